The van der Waals surface area contributed by atoms with Gasteiger partial charge in [-0.15, -0.1) is 0 Å². The first-order valence-electron chi connectivity index (χ1n) is 6.63. The van der Waals surface area contributed by atoms with Crippen LogP contribution >= 0.6 is 0 Å². The van der Waals surface area contributed by atoms with Crippen LogP contribution in [0.3, 0.4) is 0 Å². The van der Waals surface area contributed by atoms with Crippen molar-refractivity contribution < 1.29 is 4.79 Å². The van der Waals surface area contributed by atoms with Crippen LogP contribution in [0.25, 0.3) is 0 Å². The number of amides is 1. The number of nitrogens with one attached hydrogen (secondary N) is 1. The number of pyridine rings is 1. The van der Waals surface area contributed by atoms with E-state index in [0.29, 0.717) is 30.0 Å². The van der Waals surface area contributed by atoms with Gasteiger partial charge in [-0.25, -0.2) is 0 Å². The molecular formula is C15H24N2O. The van der Waals surface area contributed by atoms with Crippen molar-refractivity contribution in [2.45, 2.75) is 34.6 Å². The summed E-state index contributed by atoms with van der Waals surface area (Å²) >= 11 is 0. The summed E-state index contributed by atoms with van der Waals surface area (Å²) in [5.41, 5.74) is 1.45. The molecule has 1 heterocycles. The lowest BCUT2D eigenvalue weighted by Crippen LogP contribution is -2.34. The van der Waals surface area contributed by atoms with E-state index in [4.69, 9.17) is 0 Å². The van der Waals surface area contributed by atoms with E-state index in [1.54, 1.807) is 6.20 Å². The van der Waals surface area contributed by atoms with E-state index in [1.165, 1.54) is 0 Å². The Kier molecular flexibility index (Phi) is 5.32. The Morgan fingerprint density at radius 2 is 1.89 bits per heavy atom. The average molecular weight is 248 g/mol. The van der Waals surface area contributed by atoms with Crippen LogP contribution in [0.2, 0.25) is 0 Å². The fourth-order valence-corrected chi connectivity index (χ4v) is 2.26. The molecule has 0 unspecified atom stereocenters. The molecule has 100 valence electrons. The van der Waals surface area contributed by atoms with E-state index >= 15 is 0 Å². The smallest absolute Gasteiger partial charge is 0.270 e. The van der Waals surface area contributed by atoms with Gasteiger partial charge in [0.05, 0.1) is 0 Å². The van der Waals surface area contributed by atoms with Gasteiger partial charge in [-0.2, -0.15) is 0 Å². The maximum Gasteiger partial charge on any atom is 0.270 e. The van der Waals surface area contributed by atoms with Gasteiger partial charge in [0.25, 0.3) is 5.91 Å². The fourth-order valence-electron chi connectivity index (χ4n) is 2.26. The number of nitrogens with zero attached hydrogens (tertiary/aromatic N) is 1. The molecule has 0 fully saturated rings. The van der Waals surface area contributed by atoms with E-state index in [0.717, 1.165) is 5.56 Å². The molecule has 1 rings (SSSR count). The number of rotatable bonds is 5. The molecule has 0 bridgehead atoms. The van der Waals surface area contributed by atoms with E-state index in [9.17, 15) is 4.79 Å². The highest BCUT2D eigenvalue weighted by molar-refractivity contribution is 5.93. The number of hydrogen-bond acceptors (Lipinski definition) is 2. The topological polar surface area (TPSA) is 42.0 Å². The molecule has 1 N–H and O–H groups in total. The largest absolute Gasteiger partial charge is 0.350 e. The van der Waals surface area contributed by atoms with Gasteiger partial charge >= 0.3 is 0 Å². The molecule has 0 radical (unpaired) electrons. The number of aromatic nitrogens is 1. The minimum absolute atomic E-state index is 0.0700. The molecular weight excluding hydrogens is 224 g/mol. The minimum Gasteiger partial charge on any atom is -0.350 e. The van der Waals surface area contributed by atoms with Crippen LogP contribution < -0.4 is 5.32 Å². The van der Waals surface area contributed by atoms with Crippen molar-refractivity contribution in [3.05, 3.63) is 29.6 Å². The minimum atomic E-state index is -0.0700. The van der Waals surface area contributed by atoms with Crippen molar-refractivity contribution in [2.75, 3.05) is 6.54 Å². The van der Waals surface area contributed by atoms with Crippen molar-refractivity contribution in [3.8, 4) is 0 Å². The van der Waals surface area contributed by atoms with Gasteiger partial charge in [-0.05, 0) is 36.3 Å². The second-order valence-corrected chi connectivity index (χ2v) is 5.53. The Morgan fingerprint density at radius 1 is 1.28 bits per heavy atom. The predicted molar refractivity (Wildman–Crippen MR) is 74.5 cm³/mol. The maximum absolute atomic E-state index is 12.0. The molecule has 0 aliphatic heterocycles. The van der Waals surface area contributed by atoms with Crippen molar-refractivity contribution in [2.24, 2.45) is 17.8 Å². The Balaban J connectivity index is 2.64. The van der Waals surface area contributed by atoms with Crippen LogP contribution in [0.15, 0.2) is 18.3 Å². The molecule has 0 atom stereocenters. The third-order valence-corrected chi connectivity index (χ3v) is 3.44. The molecule has 0 aliphatic rings. The molecule has 1 aromatic rings. The van der Waals surface area contributed by atoms with Gasteiger partial charge in [0.15, 0.2) is 0 Å². The molecule has 0 aromatic carbocycles. The van der Waals surface area contributed by atoms with Crippen LogP contribution in [-0.4, -0.2) is 17.4 Å². The fraction of sp³-hybridized carbons (Fsp3) is 0.600. The van der Waals surface area contributed by atoms with Crippen molar-refractivity contribution in [1.29, 1.82) is 0 Å². The van der Waals surface area contributed by atoms with Crippen LogP contribution in [-0.2, 0) is 0 Å². The Hall–Kier alpha value is -1.38. The Labute approximate surface area is 110 Å². The first-order valence-corrected chi connectivity index (χ1v) is 6.63. The first kappa shape index (κ1) is 14.7. The van der Waals surface area contributed by atoms with Gasteiger partial charge in [0.1, 0.15) is 5.69 Å². The van der Waals surface area contributed by atoms with Crippen molar-refractivity contribution in [3.63, 3.8) is 0 Å². The zero-order valence-electron chi connectivity index (χ0n) is 12.0. The summed E-state index contributed by atoms with van der Waals surface area (Å²) in [4.78, 5) is 16.2. The SMILES string of the molecule is Cc1cccnc1C(=O)NCC(C(C)C)C(C)C. The van der Waals surface area contributed by atoms with E-state index < -0.39 is 0 Å². The van der Waals surface area contributed by atoms with Crippen LogP contribution in [0.5, 0.6) is 0 Å². The average Bonchev–Trinajstić information content (AvgIpc) is 2.28. The highest BCUT2D eigenvalue weighted by Gasteiger charge is 2.19. The maximum atomic E-state index is 12.0. The second-order valence-electron chi connectivity index (χ2n) is 5.53. The lowest BCUT2D eigenvalue weighted by molar-refractivity contribution is 0.0931. The molecule has 3 heteroatoms. The zero-order chi connectivity index (χ0) is 13.7. The molecule has 1 amide bonds. The number of carbonyl (C=O) groups excluding carboxylic acids is 1. The summed E-state index contributed by atoms with van der Waals surface area (Å²) in [5, 5.41) is 3.00. The standard InChI is InChI=1S/C15H24N2O/c1-10(2)13(11(3)4)9-17-15(18)14-12(5)7-6-8-16-14/h6-8,10-11,13H,9H2,1-5H3,(H,17,18). The highest BCUT2D eigenvalue weighted by atomic mass is 16.1. The summed E-state index contributed by atoms with van der Waals surface area (Å²) in [7, 11) is 0. The van der Waals surface area contributed by atoms with Gasteiger partial charge in [0.2, 0.25) is 0 Å². The first-order chi connectivity index (χ1) is 8.43. The monoisotopic (exact) mass is 248 g/mol. The van der Waals surface area contributed by atoms with Crippen LogP contribution in [0.4, 0.5) is 0 Å². The zero-order valence-corrected chi connectivity index (χ0v) is 12.0. The molecule has 0 aliphatic carbocycles. The van der Waals surface area contributed by atoms with Gasteiger partial charge in [-0.3, -0.25) is 9.78 Å². The van der Waals surface area contributed by atoms with E-state index in [1.807, 2.05) is 19.1 Å². The van der Waals surface area contributed by atoms with Crippen LogP contribution in [0.1, 0.15) is 43.7 Å². The lowest BCUT2D eigenvalue weighted by atomic mass is 9.85. The van der Waals surface area contributed by atoms with Gasteiger partial charge < -0.3 is 5.32 Å². The molecule has 1 aromatic heterocycles. The summed E-state index contributed by atoms with van der Waals surface area (Å²) in [5.74, 6) is 1.56. The lowest BCUT2D eigenvalue weighted by Gasteiger charge is -2.25. The molecule has 3 nitrogen and oxygen atoms in total. The summed E-state index contributed by atoms with van der Waals surface area (Å²) in [6.45, 7) is 11.4. The number of carbonyl (C=O) groups is 1. The highest BCUT2D eigenvalue weighted by Crippen LogP contribution is 2.19. The number of aryl methyl sites for hydroxylation is 1. The van der Waals surface area contributed by atoms with Crippen molar-refractivity contribution >= 4 is 5.91 Å². The summed E-state index contributed by atoms with van der Waals surface area (Å²) in [6, 6.07) is 3.75. The third kappa shape index (κ3) is 3.83. The Morgan fingerprint density at radius 3 is 2.39 bits per heavy atom. The van der Waals surface area contributed by atoms with E-state index in [-0.39, 0.29) is 5.91 Å². The molecule has 0 saturated carbocycles. The summed E-state index contributed by atoms with van der Waals surface area (Å²) < 4.78 is 0. The molecule has 18 heavy (non-hydrogen) atoms. The predicted octanol–water partition coefficient (Wildman–Crippen LogP) is 3.05. The second kappa shape index (κ2) is 6.53. The normalized spacial score (nSPS) is 11.3. The quantitative estimate of drug-likeness (QED) is 0.870. The number of hydrogen-bond donors (Lipinski definition) is 1. The Bertz CT molecular complexity index is 391. The molecule has 0 saturated heterocycles. The van der Waals surface area contributed by atoms with Crippen LogP contribution in [0, 0.1) is 24.7 Å². The van der Waals surface area contributed by atoms with Gasteiger partial charge in [0, 0.05) is 12.7 Å². The van der Waals surface area contributed by atoms with Gasteiger partial charge in [-0.1, -0.05) is 33.8 Å². The van der Waals surface area contributed by atoms with Crippen molar-refractivity contribution in [1.82, 2.24) is 10.3 Å². The molecule has 0 spiro atoms. The summed E-state index contributed by atoms with van der Waals surface area (Å²) in [6.07, 6.45) is 1.66. The third-order valence-electron chi connectivity index (χ3n) is 3.44. The van der Waals surface area contributed by atoms with E-state index in [2.05, 4.69) is 38.0 Å².